The summed E-state index contributed by atoms with van der Waals surface area (Å²) in [5.41, 5.74) is 0. The highest BCUT2D eigenvalue weighted by molar-refractivity contribution is 7.90. The normalized spacial score (nSPS) is 15.6. The van der Waals surface area contributed by atoms with Gasteiger partial charge in [0.15, 0.2) is 0 Å². The van der Waals surface area contributed by atoms with E-state index in [1.165, 1.54) is 0 Å². The molecule has 7 nitrogen and oxygen atoms in total. The average Bonchev–Trinajstić information content (AvgIpc) is 1.81. The molecule has 0 fully saturated rings. The quantitative estimate of drug-likeness (QED) is 0.572. The van der Waals surface area contributed by atoms with E-state index in [1.54, 1.807) is 0 Å². The Labute approximate surface area is 76.2 Å². The fourth-order valence-corrected chi connectivity index (χ4v) is 2.72. The molecular formula is C4H10O7S2. The smallest absolute Gasteiger partial charge is 0.271 e. The molecule has 0 bridgehead atoms. The Morgan fingerprint density at radius 3 is 1.92 bits per heavy atom. The van der Waals surface area contributed by atoms with Gasteiger partial charge in [0.1, 0.15) is 5.25 Å². The zero-order chi connectivity index (χ0) is 10.7. The summed E-state index contributed by atoms with van der Waals surface area (Å²) < 4.78 is 62.7. The Kier molecular flexibility index (Phi) is 4.26. The molecule has 0 aromatic heterocycles. The monoisotopic (exact) mass is 234 g/mol. The minimum Gasteiger partial charge on any atom is -0.383 e. The van der Waals surface area contributed by atoms with Crippen molar-refractivity contribution in [1.29, 1.82) is 0 Å². The van der Waals surface area contributed by atoms with Crippen LogP contribution < -0.4 is 0 Å². The topological polar surface area (TPSA) is 118 Å². The molecule has 0 spiro atoms. The van der Waals surface area contributed by atoms with Gasteiger partial charge in [-0.25, -0.2) is 0 Å². The minimum absolute atomic E-state index is 0.501. The lowest BCUT2D eigenvalue weighted by Crippen LogP contribution is -2.32. The van der Waals surface area contributed by atoms with Gasteiger partial charge >= 0.3 is 0 Å². The number of rotatable bonds is 5. The highest BCUT2D eigenvalue weighted by atomic mass is 32.2. The van der Waals surface area contributed by atoms with Crippen molar-refractivity contribution in [1.82, 2.24) is 0 Å². The molecule has 0 aliphatic heterocycles. The van der Waals surface area contributed by atoms with Gasteiger partial charge in [0.2, 0.25) is 0 Å². The number of methoxy groups -OCH3 is 1. The second kappa shape index (κ2) is 4.33. The molecule has 0 aliphatic rings. The molecular weight excluding hydrogens is 224 g/mol. The van der Waals surface area contributed by atoms with Crippen molar-refractivity contribution in [2.24, 2.45) is 0 Å². The summed E-state index contributed by atoms with van der Waals surface area (Å²) in [6.07, 6.45) is 0. The first-order valence-corrected chi connectivity index (χ1v) is 6.18. The second-order valence-corrected chi connectivity index (χ2v) is 5.53. The molecule has 9 heteroatoms. The van der Waals surface area contributed by atoms with Crippen LogP contribution in [-0.4, -0.2) is 50.7 Å². The van der Waals surface area contributed by atoms with Crippen LogP contribution in [0.25, 0.3) is 0 Å². The van der Waals surface area contributed by atoms with Gasteiger partial charge in [-0.3, -0.25) is 9.11 Å². The summed E-state index contributed by atoms with van der Waals surface area (Å²) in [7, 11) is -7.83. The first-order valence-electron chi connectivity index (χ1n) is 3.07. The van der Waals surface area contributed by atoms with Crippen LogP contribution in [0.3, 0.4) is 0 Å². The molecule has 0 aliphatic carbocycles. The minimum atomic E-state index is -4.52. The van der Waals surface area contributed by atoms with E-state index in [9.17, 15) is 16.8 Å². The van der Waals surface area contributed by atoms with E-state index in [2.05, 4.69) is 4.74 Å². The largest absolute Gasteiger partial charge is 0.383 e. The average molecular weight is 234 g/mol. The van der Waals surface area contributed by atoms with Gasteiger partial charge in [-0.15, -0.1) is 0 Å². The van der Waals surface area contributed by atoms with Crippen molar-refractivity contribution in [2.75, 3.05) is 19.5 Å². The van der Waals surface area contributed by atoms with Gasteiger partial charge in [-0.2, -0.15) is 16.8 Å². The SMILES string of the molecule is COCC(CS(=O)(=O)O)S(=O)(=O)O. The van der Waals surface area contributed by atoms with Gasteiger partial charge in [0, 0.05) is 7.11 Å². The number of ether oxygens (including phenoxy) is 1. The zero-order valence-corrected chi connectivity index (χ0v) is 8.38. The predicted molar refractivity (Wildman–Crippen MR) is 43.6 cm³/mol. The van der Waals surface area contributed by atoms with Crippen molar-refractivity contribution < 1.29 is 30.7 Å². The van der Waals surface area contributed by atoms with E-state index in [-0.39, 0.29) is 0 Å². The Morgan fingerprint density at radius 2 is 1.69 bits per heavy atom. The van der Waals surface area contributed by atoms with Crippen LogP contribution in [0.5, 0.6) is 0 Å². The van der Waals surface area contributed by atoms with Gasteiger partial charge in [0.05, 0.1) is 12.4 Å². The van der Waals surface area contributed by atoms with Crippen molar-refractivity contribution in [3.63, 3.8) is 0 Å². The van der Waals surface area contributed by atoms with Crippen molar-refractivity contribution >= 4 is 20.2 Å². The van der Waals surface area contributed by atoms with Crippen molar-refractivity contribution in [2.45, 2.75) is 5.25 Å². The summed E-state index contributed by atoms with van der Waals surface area (Å²) in [5.74, 6) is -1.08. The fourth-order valence-electron chi connectivity index (χ4n) is 0.641. The first kappa shape index (κ1) is 12.8. The van der Waals surface area contributed by atoms with Gasteiger partial charge < -0.3 is 4.74 Å². The summed E-state index contributed by atoms with van der Waals surface area (Å²) in [5, 5.41) is -1.66. The maximum Gasteiger partial charge on any atom is 0.271 e. The molecule has 13 heavy (non-hydrogen) atoms. The molecule has 2 N–H and O–H groups in total. The Bertz CT molecular complexity index is 339. The molecule has 0 aromatic carbocycles. The van der Waals surface area contributed by atoms with E-state index in [1.807, 2.05) is 0 Å². The molecule has 1 unspecified atom stereocenters. The Morgan fingerprint density at radius 1 is 1.23 bits per heavy atom. The summed E-state index contributed by atoms with van der Waals surface area (Å²) in [6, 6.07) is 0. The van der Waals surface area contributed by atoms with Gasteiger partial charge in [-0.1, -0.05) is 0 Å². The maximum atomic E-state index is 10.5. The van der Waals surface area contributed by atoms with Crippen molar-refractivity contribution in [3.8, 4) is 0 Å². The molecule has 0 saturated heterocycles. The van der Waals surface area contributed by atoms with Crippen LogP contribution in [-0.2, 0) is 25.0 Å². The maximum absolute atomic E-state index is 10.5. The van der Waals surface area contributed by atoms with Crippen LogP contribution in [0, 0.1) is 0 Å². The standard InChI is InChI=1S/C4H10O7S2/c1-11-2-4(13(8,9)10)3-12(5,6)7/h4H,2-3H2,1H3,(H,5,6,7)(H,8,9,10). The van der Waals surface area contributed by atoms with E-state index in [4.69, 9.17) is 9.11 Å². The zero-order valence-electron chi connectivity index (χ0n) is 6.74. The van der Waals surface area contributed by atoms with E-state index >= 15 is 0 Å². The highest BCUT2D eigenvalue weighted by Gasteiger charge is 2.28. The number of hydrogen-bond acceptors (Lipinski definition) is 5. The molecule has 0 amide bonds. The molecule has 0 heterocycles. The van der Waals surface area contributed by atoms with Crippen molar-refractivity contribution in [3.05, 3.63) is 0 Å². The number of hydrogen-bond donors (Lipinski definition) is 2. The molecule has 0 radical (unpaired) electrons. The molecule has 1 atom stereocenters. The van der Waals surface area contributed by atoms with Gasteiger partial charge in [0.25, 0.3) is 20.2 Å². The third kappa shape index (κ3) is 5.93. The third-order valence-electron chi connectivity index (χ3n) is 1.17. The Hall–Kier alpha value is -0.220. The molecule has 0 rings (SSSR count). The lowest BCUT2D eigenvalue weighted by molar-refractivity contribution is 0.197. The van der Waals surface area contributed by atoms with Gasteiger partial charge in [-0.05, 0) is 0 Å². The molecule has 80 valence electrons. The fraction of sp³-hybridized carbons (Fsp3) is 1.00. The third-order valence-corrected chi connectivity index (χ3v) is 3.35. The predicted octanol–water partition coefficient (Wildman–Crippen LogP) is -1.22. The van der Waals surface area contributed by atoms with Crippen LogP contribution in [0.1, 0.15) is 0 Å². The highest BCUT2D eigenvalue weighted by Crippen LogP contribution is 2.02. The molecule has 0 aromatic rings. The van der Waals surface area contributed by atoms with Crippen LogP contribution >= 0.6 is 0 Å². The van der Waals surface area contributed by atoms with E-state index in [0.29, 0.717) is 0 Å². The summed E-state index contributed by atoms with van der Waals surface area (Å²) >= 11 is 0. The summed E-state index contributed by atoms with van der Waals surface area (Å²) in [4.78, 5) is 0. The lowest BCUT2D eigenvalue weighted by atomic mass is 10.5. The summed E-state index contributed by atoms with van der Waals surface area (Å²) in [6.45, 7) is -0.501. The van der Waals surface area contributed by atoms with E-state index in [0.717, 1.165) is 7.11 Å². The van der Waals surface area contributed by atoms with Crippen LogP contribution in [0.2, 0.25) is 0 Å². The van der Waals surface area contributed by atoms with E-state index < -0.39 is 37.8 Å². The van der Waals surface area contributed by atoms with Crippen LogP contribution in [0.4, 0.5) is 0 Å². The molecule has 0 saturated carbocycles. The van der Waals surface area contributed by atoms with Crippen LogP contribution in [0.15, 0.2) is 0 Å². The first-order chi connectivity index (χ1) is 5.67. The second-order valence-electron chi connectivity index (χ2n) is 2.34. The Balaban J connectivity index is 4.66. The lowest BCUT2D eigenvalue weighted by Gasteiger charge is -2.09.